The second-order valence-corrected chi connectivity index (χ2v) is 14.8. The van der Waals surface area contributed by atoms with E-state index in [0.717, 1.165) is 48.1 Å². The molecule has 0 radical (unpaired) electrons. The monoisotopic (exact) mass is 858 g/mol. The molecule has 0 saturated heterocycles. The summed E-state index contributed by atoms with van der Waals surface area (Å²) in [6.45, 7) is 15.1. The van der Waals surface area contributed by atoms with Crippen LogP contribution in [0.1, 0.15) is 85.1 Å². The number of carbonyl (C=O) groups is 3. The molecular formula is C43H67N6O10P. The van der Waals surface area contributed by atoms with Crippen LogP contribution in [0.25, 0.3) is 22.5 Å². The summed E-state index contributed by atoms with van der Waals surface area (Å²) < 4.78 is 34.6. The van der Waals surface area contributed by atoms with Gasteiger partial charge >= 0.3 is 8.60 Å². The van der Waals surface area contributed by atoms with Crippen molar-refractivity contribution in [3.63, 3.8) is 0 Å². The van der Waals surface area contributed by atoms with Crippen molar-refractivity contribution in [1.29, 1.82) is 0 Å². The van der Waals surface area contributed by atoms with Gasteiger partial charge in [0.05, 0.1) is 90.5 Å². The fourth-order valence-corrected chi connectivity index (χ4v) is 6.79. The van der Waals surface area contributed by atoms with Crippen molar-refractivity contribution in [3.05, 3.63) is 54.1 Å². The molecule has 60 heavy (non-hydrogen) atoms. The SMILES string of the molecule is CC.CCOP(O)OCCCCCCNC(=O)CCC(=O)N1Cc2ccccc2-c2c(nnn2CCOCCOCCOCCOCCC(=O)NC(C)C)-c2ccccc21. The Morgan fingerprint density at radius 1 is 0.750 bits per heavy atom. The zero-order valence-electron chi connectivity index (χ0n) is 36.2. The maximum absolute atomic E-state index is 13.8. The zero-order chi connectivity index (χ0) is 43.4. The summed E-state index contributed by atoms with van der Waals surface area (Å²) in [4.78, 5) is 49.4. The van der Waals surface area contributed by atoms with Gasteiger partial charge in [0, 0.05) is 43.0 Å². The van der Waals surface area contributed by atoms with Crippen molar-refractivity contribution in [2.45, 2.75) is 98.7 Å². The van der Waals surface area contributed by atoms with Crippen molar-refractivity contribution in [1.82, 2.24) is 25.6 Å². The van der Waals surface area contributed by atoms with Crippen LogP contribution in [-0.2, 0) is 55.5 Å². The number of rotatable bonds is 29. The Kier molecular flexibility index (Phi) is 25.4. The van der Waals surface area contributed by atoms with Crippen LogP contribution in [0.3, 0.4) is 0 Å². The minimum absolute atomic E-state index is 0.0210. The third-order valence-corrected chi connectivity index (χ3v) is 9.86. The Bertz CT molecular complexity index is 1680. The molecule has 2 heterocycles. The number of aromatic nitrogens is 3. The number of nitrogens with zero attached hydrogens (tertiary/aromatic N) is 4. The van der Waals surface area contributed by atoms with E-state index in [-0.39, 0.29) is 36.6 Å². The fraction of sp³-hybridized carbons (Fsp3) is 0.605. The van der Waals surface area contributed by atoms with Crippen molar-refractivity contribution >= 4 is 32.0 Å². The van der Waals surface area contributed by atoms with Crippen LogP contribution in [0.15, 0.2) is 48.5 Å². The minimum Gasteiger partial charge on any atom is -0.379 e. The Morgan fingerprint density at radius 3 is 2.08 bits per heavy atom. The molecule has 0 aliphatic carbocycles. The molecule has 1 aromatic heterocycles. The van der Waals surface area contributed by atoms with Gasteiger partial charge in [-0.2, -0.15) is 0 Å². The number of hydrogen-bond acceptors (Lipinski definition) is 12. The smallest absolute Gasteiger partial charge is 0.329 e. The molecule has 0 fully saturated rings. The van der Waals surface area contributed by atoms with Crippen molar-refractivity contribution in [3.8, 4) is 22.5 Å². The van der Waals surface area contributed by atoms with Crippen LogP contribution in [0.4, 0.5) is 5.69 Å². The number of benzene rings is 2. The van der Waals surface area contributed by atoms with Crippen LogP contribution >= 0.6 is 8.60 Å². The normalized spacial score (nSPS) is 12.3. The molecule has 0 bridgehead atoms. The Morgan fingerprint density at radius 2 is 1.38 bits per heavy atom. The molecular weight excluding hydrogens is 791 g/mol. The topological polar surface area (TPSA) is 185 Å². The summed E-state index contributed by atoms with van der Waals surface area (Å²) in [5, 5.41) is 14.9. The van der Waals surface area contributed by atoms with Crippen LogP contribution in [0.5, 0.6) is 0 Å². The quantitative estimate of drug-likeness (QED) is 0.0532. The number of unbranched alkanes of at least 4 members (excludes halogenated alkanes) is 3. The van der Waals surface area contributed by atoms with E-state index in [1.165, 1.54) is 0 Å². The Hall–Kier alpha value is -3.86. The Labute approximate surface area is 357 Å². The van der Waals surface area contributed by atoms with Gasteiger partial charge in [-0.05, 0) is 45.2 Å². The van der Waals surface area contributed by atoms with Gasteiger partial charge in [-0.15, -0.1) is 5.10 Å². The molecule has 334 valence electrons. The van der Waals surface area contributed by atoms with E-state index in [1.807, 2.05) is 80.9 Å². The van der Waals surface area contributed by atoms with Gasteiger partial charge < -0.3 is 48.4 Å². The van der Waals surface area contributed by atoms with E-state index in [2.05, 4.69) is 20.9 Å². The highest BCUT2D eigenvalue weighted by atomic mass is 31.2. The van der Waals surface area contributed by atoms with E-state index in [1.54, 1.807) is 11.8 Å². The predicted octanol–water partition coefficient (Wildman–Crippen LogP) is 6.20. The molecule has 3 aromatic rings. The average molecular weight is 859 g/mol. The maximum Gasteiger partial charge on any atom is 0.329 e. The number of amides is 3. The maximum atomic E-state index is 13.8. The standard InChI is InChI=1S/C41H61N6O10P.C2H6/c1-4-56-58(51)57-22-12-6-5-11-20-42-37(48)17-18-39(50)46-31-33-13-7-8-14-34(33)41-40(35-15-9-10-16-36(35)46)44-45-47(41)21-24-53-26-28-55-30-29-54-27-25-52-23-19-38(49)43-32(2)3;1-2/h7-10,13-16,32,51H,4-6,11-12,17-31H2,1-3H3,(H,42,48)(H,43,49);1-2H3. The third-order valence-electron chi connectivity index (χ3n) is 8.97. The van der Waals surface area contributed by atoms with E-state index >= 15 is 0 Å². The minimum atomic E-state index is -1.79. The van der Waals surface area contributed by atoms with Gasteiger partial charge in [0.25, 0.3) is 0 Å². The van der Waals surface area contributed by atoms with Crippen LogP contribution in [-0.4, -0.2) is 116 Å². The highest BCUT2D eigenvalue weighted by molar-refractivity contribution is 7.40. The number of fused-ring (bicyclic) bond motifs is 5. The first-order valence-electron chi connectivity index (χ1n) is 21.3. The summed E-state index contributed by atoms with van der Waals surface area (Å²) in [6, 6.07) is 15.7. The van der Waals surface area contributed by atoms with Gasteiger partial charge in [-0.25, -0.2) is 4.68 Å². The molecule has 1 unspecified atom stereocenters. The van der Waals surface area contributed by atoms with Gasteiger partial charge in [0.1, 0.15) is 5.69 Å². The zero-order valence-corrected chi connectivity index (χ0v) is 37.1. The van der Waals surface area contributed by atoms with Crippen LogP contribution in [0.2, 0.25) is 0 Å². The van der Waals surface area contributed by atoms with Gasteiger partial charge in [-0.1, -0.05) is 74.4 Å². The average Bonchev–Trinajstić information content (AvgIpc) is 3.66. The Balaban J connectivity index is 0.00000473. The summed E-state index contributed by atoms with van der Waals surface area (Å²) in [5.74, 6) is -0.334. The summed E-state index contributed by atoms with van der Waals surface area (Å²) >= 11 is 0. The number of hydrogen-bond donors (Lipinski definition) is 3. The van der Waals surface area contributed by atoms with E-state index in [9.17, 15) is 19.3 Å². The van der Waals surface area contributed by atoms with Gasteiger partial charge in [-0.3, -0.25) is 14.4 Å². The van der Waals surface area contributed by atoms with Crippen LogP contribution < -0.4 is 15.5 Å². The molecule has 17 heteroatoms. The predicted molar refractivity (Wildman–Crippen MR) is 232 cm³/mol. The molecule has 0 saturated carbocycles. The van der Waals surface area contributed by atoms with Crippen molar-refractivity contribution in [2.24, 2.45) is 0 Å². The van der Waals surface area contributed by atoms with Crippen LogP contribution in [0, 0.1) is 0 Å². The molecule has 16 nitrogen and oxygen atoms in total. The third kappa shape index (κ3) is 18.4. The molecule has 0 spiro atoms. The van der Waals surface area contributed by atoms with Gasteiger partial charge in [0.2, 0.25) is 17.7 Å². The van der Waals surface area contributed by atoms with Gasteiger partial charge in [0.15, 0.2) is 0 Å². The molecule has 1 aliphatic rings. The highest BCUT2D eigenvalue weighted by Gasteiger charge is 2.29. The fourth-order valence-electron chi connectivity index (χ4n) is 6.21. The van der Waals surface area contributed by atoms with E-state index in [0.29, 0.717) is 104 Å². The number of anilines is 1. The number of carbonyl (C=O) groups excluding carboxylic acids is 3. The molecule has 1 aliphatic heterocycles. The number of para-hydroxylation sites is 1. The molecule has 2 aromatic carbocycles. The van der Waals surface area contributed by atoms with Crippen molar-refractivity contribution < 1.29 is 47.3 Å². The lowest BCUT2D eigenvalue weighted by Crippen LogP contribution is -2.33. The molecule has 3 amide bonds. The number of nitrogens with one attached hydrogen (secondary N) is 2. The first kappa shape index (κ1) is 50.5. The molecule has 1 atom stereocenters. The lowest BCUT2D eigenvalue weighted by Gasteiger charge is -2.28. The first-order valence-corrected chi connectivity index (χ1v) is 22.4. The number of ether oxygens (including phenoxy) is 4. The summed E-state index contributed by atoms with van der Waals surface area (Å²) in [7, 11) is -1.79. The second-order valence-electron chi connectivity index (χ2n) is 13.8. The first-order chi connectivity index (χ1) is 29.3. The summed E-state index contributed by atoms with van der Waals surface area (Å²) in [6.07, 6.45) is 3.93. The lowest BCUT2D eigenvalue weighted by atomic mass is 9.95. The van der Waals surface area contributed by atoms with E-state index < -0.39 is 8.60 Å². The molecule has 4 rings (SSSR count). The molecule has 3 N–H and O–H groups in total. The summed E-state index contributed by atoms with van der Waals surface area (Å²) in [5.41, 5.74) is 4.89. The van der Waals surface area contributed by atoms with E-state index in [4.69, 9.17) is 28.0 Å². The lowest BCUT2D eigenvalue weighted by molar-refractivity contribution is -0.125. The largest absolute Gasteiger partial charge is 0.379 e. The highest BCUT2D eigenvalue weighted by Crippen LogP contribution is 2.41. The van der Waals surface area contributed by atoms with Crippen molar-refractivity contribution in [2.75, 3.05) is 77.5 Å². The second kappa shape index (κ2) is 30.2.